The maximum Gasteiger partial charge on any atom is 0.446 e. The van der Waals surface area contributed by atoms with Gasteiger partial charge in [0.05, 0.1) is 0 Å². The van der Waals surface area contributed by atoms with Gasteiger partial charge in [0.25, 0.3) is 0 Å². The molecule has 0 N–H and O–H groups in total. The van der Waals surface area contributed by atoms with E-state index in [4.69, 9.17) is 0 Å². The lowest BCUT2D eigenvalue weighted by Gasteiger charge is -2.22. The van der Waals surface area contributed by atoms with Gasteiger partial charge in [-0.05, 0) is 42.3 Å². The molecular weight excluding hydrogens is 245 g/mol. The summed E-state index contributed by atoms with van der Waals surface area (Å²) in [6, 6.07) is 6.68. The lowest BCUT2D eigenvalue weighted by molar-refractivity contribution is -0.0328. The van der Waals surface area contributed by atoms with E-state index in [2.05, 4.69) is 19.1 Å². The Morgan fingerprint density at radius 3 is 2.29 bits per heavy atom. The molecule has 0 radical (unpaired) electrons. The van der Waals surface area contributed by atoms with E-state index < -0.39 is 5.51 Å². The van der Waals surface area contributed by atoms with E-state index >= 15 is 0 Å². The zero-order valence-electron chi connectivity index (χ0n) is 9.42. The summed E-state index contributed by atoms with van der Waals surface area (Å²) in [5, 5.41) is 0. The van der Waals surface area contributed by atoms with Crippen molar-refractivity contribution in [2.24, 2.45) is 0 Å². The molecule has 1 atom stereocenters. The van der Waals surface area contributed by atoms with Crippen LogP contribution in [0.1, 0.15) is 25.3 Å². The smallest absolute Gasteiger partial charge is 0.160 e. The van der Waals surface area contributed by atoms with Crippen molar-refractivity contribution < 1.29 is 13.2 Å². The summed E-state index contributed by atoms with van der Waals surface area (Å²) in [5.41, 5.74) is -3.14. The van der Waals surface area contributed by atoms with Crippen molar-refractivity contribution in [1.29, 1.82) is 0 Å². The highest BCUT2D eigenvalue weighted by Crippen LogP contribution is 2.39. The van der Waals surface area contributed by atoms with E-state index in [1.807, 2.05) is 0 Å². The van der Waals surface area contributed by atoms with Crippen molar-refractivity contribution in [2.45, 2.75) is 35.6 Å². The molecule has 0 aromatic heterocycles. The SMILES string of the molecule is C[C@]1(c2ccc(SC(F)(F)F)cc2)C=CCC1. The largest absolute Gasteiger partial charge is 0.446 e. The van der Waals surface area contributed by atoms with E-state index in [9.17, 15) is 13.2 Å². The van der Waals surface area contributed by atoms with Crippen LogP contribution in [0.15, 0.2) is 41.3 Å². The molecule has 1 aliphatic carbocycles. The first kappa shape index (κ1) is 12.6. The molecule has 0 saturated carbocycles. The molecule has 1 aromatic rings. The summed E-state index contributed by atoms with van der Waals surface area (Å²) in [6.07, 6.45) is 6.32. The van der Waals surface area contributed by atoms with Gasteiger partial charge in [-0.15, -0.1) is 0 Å². The van der Waals surface area contributed by atoms with Crippen LogP contribution in [-0.4, -0.2) is 5.51 Å². The molecule has 0 amide bonds. The summed E-state index contributed by atoms with van der Waals surface area (Å²) >= 11 is -0.0671. The second-order valence-corrected chi connectivity index (χ2v) is 5.57. The van der Waals surface area contributed by atoms with Crippen LogP contribution in [0.3, 0.4) is 0 Å². The van der Waals surface area contributed by atoms with Crippen LogP contribution in [0, 0.1) is 0 Å². The third kappa shape index (κ3) is 3.06. The Morgan fingerprint density at radius 2 is 1.82 bits per heavy atom. The van der Waals surface area contributed by atoms with Crippen molar-refractivity contribution in [2.75, 3.05) is 0 Å². The molecular formula is C13H13F3S. The predicted octanol–water partition coefficient (Wildman–Crippen LogP) is 4.91. The number of rotatable bonds is 2. The van der Waals surface area contributed by atoms with Crippen LogP contribution in [0.25, 0.3) is 0 Å². The van der Waals surface area contributed by atoms with Crippen LogP contribution in [0.4, 0.5) is 13.2 Å². The second kappa shape index (κ2) is 4.41. The molecule has 0 heterocycles. The molecule has 0 spiro atoms. The quantitative estimate of drug-likeness (QED) is 0.536. The van der Waals surface area contributed by atoms with Crippen LogP contribution < -0.4 is 0 Å². The minimum Gasteiger partial charge on any atom is -0.160 e. The van der Waals surface area contributed by atoms with Gasteiger partial charge in [-0.1, -0.05) is 31.2 Å². The summed E-state index contributed by atoms with van der Waals surface area (Å²) in [6.45, 7) is 2.11. The molecule has 92 valence electrons. The minimum absolute atomic E-state index is 0.0125. The number of allylic oxidation sites excluding steroid dienone is 2. The van der Waals surface area contributed by atoms with Gasteiger partial charge in [-0.2, -0.15) is 13.2 Å². The molecule has 2 rings (SSSR count). The number of alkyl halides is 3. The summed E-state index contributed by atoms with van der Waals surface area (Å²) in [4.78, 5) is 0.242. The highest BCUT2D eigenvalue weighted by molar-refractivity contribution is 8.00. The van der Waals surface area contributed by atoms with Gasteiger partial charge < -0.3 is 0 Å². The van der Waals surface area contributed by atoms with Crippen LogP contribution in [0.5, 0.6) is 0 Å². The number of benzene rings is 1. The van der Waals surface area contributed by atoms with Gasteiger partial charge in [0.15, 0.2) is 0 Å². The van der Waals surface area contributed by atoms with Gasteiger partial charge >= 0.3 is 5.51 Å². The zero-order chi connectivity index (χ0) is 12.5. The highest BCUT2D eigenvalue weighted by Gasteiger charge is 2.30. The molecule has 0 aliphatic heterocycles. The Bertz CT molecular complexity index is 419. The fourth-order valence-electron chi connectivity index (χ4n) is 2.09. The zero-order valence-corrected chi connectivity index (χ0v) is 10.2. The van der Waals surface area contributed by atoms with Gasteiger partial charge in [-0.25, -0.2) is 0 Å². The molecule has 0 fully saturated rings. The van der Waals surface area contributed by atoms with Crippen LogP contribution >= 0.6 is 11.8 Å². The Hall–Kier alpha value is -0.900. The average molecular weight is 258 g/mol. The average Bonchev–Trinajstić information content (AvgIpc) is 2.65. The third-order valence-corrected chi connectivity index (χ3v) is 3.80. The summed E-state index contributed by atoms with van der Waals surface area (Å²) in [5.74, 6) is 0. The first-order valence-electron chi connectivity index (χ1n) is 5.43. The molecule has 4 heteroatoms. The van der Waals surface area contributed by atoms with Crippen molar-refractivity contribution in [3.8, 4) is 0 Å². The topological polar surface area (TPSA) is 0 Å². The lowest BCUT2D eigenvalue weighted by Crippen LogP contribution is -2.15. The first-order valence-corrected chi connectivity index (χ1v) is 6.25. The Balaban J connectivity index is 2.16. The number of hydrogen-bond donors (Lipinski definition) is 0. The van der Waals surface area contributed by atoms with E-state index in [0.29, 0.717) is 0 Å². The standard InChI is InChI=1S/C13H13F3S/c1-12(8-2-3-9-12)10-4-6-11(7-5-10)17-13(14,15)16/h2,4-8H,3,9H2,1H3/t12-/m0/s1. The van der Waals surface area contributed by atoms with Gasteiger partial charge in [0.1, 0.15) is 0 Å². The van der Waals surface area contributed by atoms with E-state index in [1.54, 1.807) is 24.3 Å². The second-order valence-electron chi connectivity index (χ2n) is 4.43. The predicted molar refractivity (Wildman–Crippen MR) is 64.1 cm³/mol. The Kier molecular flexibility index (Phi) is 3.25. The van der Waals surface area contributed by atoms with Gasteiger partial charge in [0.2, 0.25) is 0 Å². The van der Waals surface area contributed by atoms with Crippen molar-refractivity contribution in [3.05, 3.63) is 42.0 Å². The van der Waals surface area contributed by atoms with Crippen molar-refractivity contribution >= 4 is 11.8 Å². The van der Waals surface area contributed by atoms with Crippen molar-refractivity contribution in [1.82, 2.24) is 0 Å². The van der Waals surface area contributed by atoms with E-state index in [-0.39, 0.29) is 22.1 Å². The fourth-order valence-corrected chi connectivity index (χ4v) is 2.63. The van der Waals surface area contributed by atoms with Crippen molar-refractivity contribution in [3.63, 3.8) is 0 Å². The molecule has 17 heavy (non-hydrogen) atoms. The number of thioether (sulfide) groups is 1. The summed E-state index contributed by atoms with van der Waals surface area (Å²) in [7, 11) is 0. The number of hydrogen-bond acceptors (Lipinski definition) is 1. The van der Waals surface area contributed by atoms with E-state index in [1.165, 1.54) is 0 Å². The van der Waals surface area contributed by atoms with Gasteiger partial charge in [-0.3, -0.25) is 0 Å². The molecule has 1 aliphatic rings. The van der Waals surface area contributed by atoms with Crippen LogP contribution in [0.2, 0.25) is 0 Å². The molecule has 0 nitrogen and oxygen atoms in total. The van der Waals surface area contributed by atoms with E-state index in [0.717, 1.165) is 18.4 Å². The summed E-state index contributed by atoms with van der Waals surface area (Å²) < 4.78 is 36.5. The highest BCUT2D eigenvalue weighted by atomic mass is 32.2. The normalized spacial score (nSPS) is 24.2. The maximum absolute atomic E-state index is 12.2. The molecule has 0 unspecified atom stereocenters. The Labute approximate surface area is 103 Å². The monoisotopic (exact) mass is 258 g/mol. The maximum atomic E-state index is 12.2. The minimum atomic E-state index is -4.21. The first-order chi connectivity index (χ1) is 7.89. The number of halogens is 3. The Morgan fingerprint density at radius 1 is 1.18 bits per heavy atom. The lowest BCUT2D eigenvalue weighted by atomic mass is 9.82. The molecule has 0 bridgehead atoms. The molecule has 1 aromatic carbocycles. The molecule has 0 saturated heterocycles. The fraction of sp³-hybridized carbons (Fsp3) is 0.385. The van der Waals surface area contributed by atoms with Gasteiger partial charge in [0, 0.05) is 10.3 Å². The van der Waals surface area contributed by atoms with Crippen LogP contribution in [-0.2, 0) is 5.41 Å². The third-order valence-electron chi connectivity index (χ3n) is 3.06.